The molecule has 0 atom stereocenters. The Morgan fingerprint density at radius 3 is 2.38 bits per heavy atom. The van der Waals surface area contributed by atoms with E-state index >= 15 is 0 Å². The van der Waals surface area contributed by atoms with E-state index in [2.05, 4.69) is 27.3 Å². The van der Waals surface area contributed by atoms with E-state index in [1.54, 1.807) is 16.6 Å². The van der Waals surface area contributed by atoms with Gasteiger partial charge < -0.3 is 20.4 Å². The average Bonchev–Trinajstić information content (AvgIpc) is 3.41. The van der Waals surface area contributed by atoms with Crippen molar-refractivity contribution in [3.05, 3.63) is 83.3 Å². The lowest BCUT2D eigenvalue weighted by atomic mass is 9.91. The van der Waals surface area contributed by atoms with Crippen LogP contribution in [0.25, 0.3) is 16.9 Å². The van der Waals surface area contributed by atoms with Crippen LogP contribution in [0.2, 0.25) is 5.02 Å². The number of likely N-dealkylation sites (tertiary alicyclic amines) is 1. The van der Waals surface area contributed by atoms with Gasteiger partial charge in [-0.15, -0.1) is 0 Å². The van der Waals surface area contributed by atoms with Gasteiger partial charge in [0.1, 0.15) is 17.1 Å². The summed E-state index contributed by atoms with van der Waals surface area (Å²) in [5, 5.41) is 5.17. The third-order valence-electron chi connectivity index (χ3n) is 6.24. The summed E-state index contributed by atoms with van der Waals surface area (Å²) in [5.74, 6) is 1.22. The van der Waals surface area contributed by atoms with Gasteiger partial charge in [-0.2, -0.15) is 5.10 Å². The maximum atomic E-state index is 12.4. The number of primary amides is 1. The number of carbonyl (C=O) groups excluding carboxylic acids is 1. The van der Waals surface area contributed by atoms with E-state index < -0.39 is 5.91 Å². The van der Waals surface area contributed by atoms with E-state index in [1.165, 1.54) is 0 Å². The van der Waals surface area contributed by atoms with Crippen molar-refractivity contribution in [3.8, 4) is 22.8 Å². The Kier molecular flexibility index (Phi) is 6.02. The van der Waals surface area contributed by atoms with Crippen molar-refractivity contribution < 1.29 is 9.53 Å². The fourth-order valence-electron chi connectivity index (χ4n) is 4.57. The minimum absolute atomic E-state index is 0.346. The van der Waals surface area contributed by atoms with Gasteiger partial charge >= 0.3 is 0 Å². The number of carbonyl (C=O) groups is 1. The highest BCUT2D eigenvalue weighted by atomic mass is 35.5. The second-order valence-corrected chi connectivity index (χ2v) is 8.88. The third kappa shape index (κ3) is 4.26. The topological polar surface area (TPSA) is 88.7 Å². The molecule has 0 unspecified atom stereocenters. The summed E-state index contributed by atoms with van der Waals surface area (Å²) in [6, 6.07) is 14.7. The molecule has 7 nitrogen and oxygen atoms in total. The highest BCUT2D eigenvalue weighted by Crippen LogP contribution is 2.34. The molecule has 0 spiro atoms. The molecule has 3 N–H and O–H groups in total. The Hall–Kier alpha value is -3.71. The van der Waals surface area contributed by atoms with Gasteiger partial charge in [-0.25, -0.2) is 4.52 Å². The van der Waals surface area contributed by atoms with Gasteiger partial charge in [0, 0.05) is 29.2 Å². The lowest BCUT2D eigenvalue weighted by molar-refractivity contribution is 0.0994. The number of rotatable bonds is 6. The average molecular weight is 476 g/mol. The molecule has 2 aromatic heterocycles. The van der Waals surface area contributed by atoms with Gasteiger partial charge in [0.2, 0.25) is 0 Å². The number of imidazole rings is 1. The molecule has 1 aliphatic rings. The SMILES string of the molecule is CC=CN1CCC(c2cnn3c(C(N)=O)c(-c4ccc(Oc5ccc(Cl)cc5)cc4)[nH]c23)CC1. The van der Waals surface area contributed by atoms with Crippen LogP contribution in [0.3, 0.4) is 0 Å². The molecule has 0 aliphatic carbocycles. The van der Waals surface area contributed by atoms with Gasteiger partial charge in [-0.3, -0.25) is 4.79 Å². The minimum Gasteiger partial charge on any atom is -0.457 e. The molecule has 174 valence electrons. The number of hydrogen-bond donors (Lipinski definition) is 2. The molecule has 1 fully saturated rings. The largest absolute Gasteiger partial charge is 0.457 e. The third-order valence-corrected chi connectivity index (χ3v) is 6.50. The zero-order valence-corrected chi connectivity index (χ0v) is 19.6. The van der Waals surface area contributed by atoms with Crippen molar-refractivity contribution in [1.82, 2.24) is 19.5 Å². The molecule has 1 saturated heterocycles. The van der Waals surface area contributed by atoms with Crippen molar-refractivity contribution in [2.24, 2.45) is 5.73 Å². The van der Waals surface area contributed by atoms with Crippen LogP contribution in [-0.4, -0.2) is 38.5 Å². The number of nitrogens with two attached hydrogens (primary N) is 1. The van der Waals surface area contributed by atoms with E-state index in [0.717, 1.165) is 42.7 Å². The van der Waals surface area contributed by atoms with Gasteiger partial charge in [0.05, 0.1) is 11.9 Å². The van der Waals surface area contributed by atoms with Crippen LogP contribution in [0.4, 0.5) is 0 Å². The molecule has 8 heteroatoms. The summed E-state index contributed by atoms with van der Waals surface area (Å²) in [6.07, 6.45) is 8.13. The number of aromatic amines is 1. The molecule has 2 aromatic carbocycles. The van der Waals surface area contributed by atoms with Crippen LogP contribution >= 0.6 is 11.6 Å². The lowest BCUT2D eigenvalue weighted by Crippen LogP contribution is -2.28. The standard InChI is InChI=1S/C26H26ClN5O2/c1-2-13-31-14-11-17(12-15-31)22-16-29-32-24(25(28)33)23(30-26(22)32)18-3-7-20(8-4-18)34-21-9-5-19(27)6-10-21/h2-10,13,16-17,30H,11-12,14-15H2,1H3,(H2,28,33). The van der Waals surface area contributed by atoms with Gasteiger partial charge in [-0.05, 0) is 80.4 Å². The van der Waals surface area contributed by atoms with Gasteiger partial charge in [-0.1, -0.05) is 17.7 Å². The Labute approximate surface area is 202 Å². The van der Waals surface area contributed by atoms with Crippen LogP contribution in [0, 0.1) is 0 Å². The Morgan fingerprint density at radius 1 is 1.12 bits per heavy atom. The number of nitrogens with one attached hydrogen (secondary N) is 1. The van der Waals surface area contributed by atoms with Crippen molar-refractivity contribution in [1.29, 1.82) is 0 Å². The normalized spacial score (nSPS) is 14.8. The van der Waals surface area contributed by atoms with Crippen LogP contribution in [0.5, 0.6) is 11.5 Å². The number of halogens is 1. The van der Waals surface area contributed by atoms with E-state index in [4.69, 9.17) is 22.1 Å². The smallest absolute Gasteiger partial charge is 0.269 e. The summed E-state index contributed by atoms with van der Waals surface area (Å²) in [4.78, 5) is 18.2. The number of allylic oxidation sites excluding steroid dienone is 1. The summed E-state index contributed by atoms with van der Waals surface area (Å²) < 4.78 is 7.53. The van der Waals surface area contributed by atoms with Crippen molar-refractivity contribution in [3.63, 3.8) is 0 Å². The fourth-order valence-corrected chi connectivity index (χ4v) is 4.70. The summed E-state index contributed by atoms with van der Waals surface area (Å²) >= 11 is 5.94. The first-order valence-electron chi connectivity index (χ1n) is 11.3. The van der Waals surface area contributed by atoms with E-state index in [-0.39, 0.29) is 0 Å². The Morgan fingerprint density at radius 2 is 1.76 bits per heavy atom. The van der Waals surface area contributed by atoms with Crippen molar-refractivity contribution in [2.45, 2.75) is 25.7 Å². The van der Waals surface area contributed by atoms with Crippen molar-refractivity contribution in [2.75, 3.05) is 13.1 Å². The molecule has 34 heavy (non-hydrogen) atoms. The molecule has 0 radical (unpaired) electrons. The van der Waals surface area contributed by atoms with Crippen LogP contribution in [0.1, 0.15) is 41.7 Å². The highest BCUT2D eigenvalue weighted by Gasteiger charge is 2.26. The first kappa shape index (κ1) is 22.1. The minimum atomic E-state index is -0.528. The second-order valence-electron chi connectivity index (χ2n) is 8.45. The highest BCUT2D eigenvalue weighted by molar-refractivity contribution is 6.30. The number of amides is 1. The molecule has 1 amide bonds. The number of fused-ring (bicyclic) bond motifs is 1. The summed E-state index contributed by atoms with van der Waals surface area (Å²) in [5.41, 5.74) is 9.56. The van der Waals surface area contributed by atoms with Crippen molar-refractivity contribution >= 4 is 23.2 Å². The maximum absolute atomic E-state index is 12.4. The number of H-pyrrole nitrogens is 1. The maximum Gasteiger partial charge on any atom is 0.269 e. The Bertz CT molecular complexity index is 1330. The Balaban J connectivity index is 1.43. The molecule has 3 heterocycles. The second kappa shape index (κ2) is 9.27. The molecular weight excluding hydrogens is 450 g/mol. The zero-order valence-electron chi connectivity index (χ0n) is 18.9. The van der Waals surface area contributed by atoms with E-state index in [0.29, 0.717) is 33.8 Å². The number of hydrogen-bond acceptors (Lipinski definition) is 4. The predicted molar refractivity (Wildman–Crippen MR) is 133 cm³/mol. The fraction of sp³-hybridized carbons (Fsp3) is 0.231. The first-order valence-corrected chi connectivity index (χ1v) is 11.7. The number of aromatic nitrogens is 3. The summed E-state index contributed by atoms with van der Waals surface area (Å²) in [6.45, 7) is 4.03. The quantitative estimate of drug-likeness (QED) is 0.380. The molecule has 0 bridgehead atoms. The molecular formula is C26H26ClN5O2. The van der Waals surface area contributed by atoms with Crippen LogP contribution in [-0.2, 0) is 0 Å². The summed E-state index contributed by atoms with van der Waals surface area (Å²) in [7, 11) is 0. The number of piperidine rings is 1. The zero-order chi connectivity index (χ0) is 23.7. The monoisotopic (exact) mass is 475 g/mol. The van der Waals surface area contributed by atoms with Gasteiger partial charge in [0.25, 0.3) is 5.91 Å². The number of ether oxygens (including phenoxy) is 1. The molecule has 5 rings (SSSR count). The van der Waals surface area contributed by atoms with Crippen LogP contribution in [0.15, 0.2) is 67.0 Å². The molecule has 0 saturated carbocycles. The lowest BCUT2D eigenvalue weighted by Gasteiger charge is -2.30. The first-order chi connectivity index (χ1) is 16.5. The van der Waals surface area contributed by atoms with Crippen LogP contribution < -0.4 is 10.5 Å². The number of benzene rings is 2. The molecule has 4 aromatic rings. The predicted octanol–water partition coefficient (Wildman–Crippen LogP) is 5.59. The van der Waals surface area contributed by atoms with E-state index in [1.807, 2.05) is 49.5 Å². The molecule has 1 aliphatic heterocycles. The van der Waals surface area contributed by atoms with Gasteiger partial charge in [0.15, 0.2) is 5.69 Å². The van der Waals surface area contributed by atoms with E-state index in [9.17, 15) is 4.79 Å². The number of nitrogens with zero attached hydrogens (tertiary/aromatic N) is 3.